The number of likely N-dealkylation sites (tertiary alicyclic amines) is 1. The van der Waals surface area contributed by atoms with E-state index in [9.17, 15) is 9.90 Å². The molecule has 1 aliphatic rings. The van der Waals surface area contributed by atoms with E-state index in [4.69, 9.17) is 0 Å². The van der Waals surface area contributed by atoms with Crippen molar-refractivity contribution in [1.29, 1.82) is 0 Å². The molecule has 1 saturated heterocycles. The average molecular weight is 284 g/mol. The van der Waals surface area contributed by atoms with E-state index >= 15 is 0 Å². The Kier molecular flexibility index (Phi) is 3.30. The van der Waals surface area contributed by atoms with E-state index in [2.05, 4.69) is 15.9 Å². The van der Waals surface area contributed by atoms with Crippen molar-refractivity contribution in [3.63, 3.8) is 0 Å². The number of amides is 1. The highest BCUT2D eigenvalue weighted by Crippen LogP contribution is 2.26. The van der Waals surface area contributed by atoms with E-state index in [1.54, 1.807) is 4.90 Å². The van der Waals surface area contributed by atoms with Crippen molar-refractivity contribution in [1.82, 2.24) is 4.90 Å². The predicted molar refractivity (Wildman–Crippen MR) is 64.9 cm³/mol. The number of carbonyl (C=O) groups excluding carboxylic acids is 1. The molecule has 3 nitrogen and oxygen atoms in total. The molecule has 0 radical (unpaired) electrons. The van der Waals surface area contributed by atoms with E-state index in [1.165, 1.54) is 0 Å². The summed E-state index contributed by atoms with van der Waals surface area (Å²) in [6.07, 6.45) is -0.258. The molecule has 1 N–H and O–H groups in total. The van der Waals surface area contributed by atoms with Gasteiger partial charge in [-0.05, 0) is 24.6 Å². The molecule has 1 heterocycles. The lowest BCUT2D eigenvalue weighted by Gasteiger charge is -2.24. The molecule has 2 rings (SSSR count). The van der Waals surface area contributed by atoms with Crippen molar-refractivity contribution >= 4 is 21.8 Å². The number of hydrogen-bond acceptors (Lipinski definition) is 2. The first-order chi connectivity index (χ1) is 7.58. The first-order valence-corrected chi connectivity index (χ1v) is 6.10. The van der Waals surface area contributed by atoms with Gasteiger partial charge in [-0.3, -0.25) is 4.79 Å². The Hall–Kier alpha value is -0.870. The van der Waals surface area contributed by atoms with Crippen molar-refractivity contribution in [3.05, 3.63) is 34.3 Å². The minimum absolute atomic E-state index is 0.0257. The Balaban J connectivity index is 2.16. The average Bonchev–Trinajstić information content (AvgIpc) is 2.58. The topological polar surface area (TPSA) is 40.5 Å². The highest BCUT2D eigenvalue weighted by atomic mass is 79.9. The minimum atomic E-state index is -0.509. The summed E-state index contributed by atoms with van der Waals surface area (Å²) in [5, 5.41) is 9.44. The normalized spacial score (nSPS) is 22.6. The standard InChI is InChI=1S/C12H14BrNO2/c1-8(9-2-4-10(13)5-3-9)14-7-11(15)6-12(14)16/h2-5,8,11,15H,6-7H2,1H3. The molecule has 0 spiro atoms. The summed E-state index contributed by atoms with van der Waals surface area (Å²) in [6, 6.07) is 7.93. The van der Waals surface area contributed by atoms with Crippen LogP contribution in [0.5, 0.6) is 0 Å². The Morgan fingerprint density at radius 1 is 1.44 bits per heavy atom. The van der Waals surface area contributed by atoms with Crippen LogP contribution >= 0.6 is 15.9 Å². The van der Waals surface area contributed by atoms with E-state index < -0.39 is 6.10 Å². The molecule has 0 aliphatic carbocycles. The highest BCUT2D eigenvalue weighted by Gasteiger charge is 2.31. The molecule has 1 amide bonds. The van der Waals surface area contributed by atoms with Gasteiger partial charge in [0, 0.05) is 11.0 Å². The van der Waals surface area contributed by atoms with E-state index in [0.29, 0.717) is 6.54 Å². The van der Waals surface area contributed by atoms with Gasteiger partial charge in [0.15, 0.2) is 0 Å². The third-order valence-corrected chi connectivity index (χ3v) is 3.49. The van der Waals surface area contributed by atoms with Gasteiger partial charge in [0.1, 0.15) is 0 Å². The highest BCUT2D eigenvalue weighted by molar-refractivity contribution is 9.10. The zero-order valence-electron chi connectivity index (χ0n) is 9.06. The smallest absolute Gasteiger partial charge is 0.225 e. The third-order valence-electron chi connectivity index (χ3n) is 2.96. The molecule has 0 bridgehead atoms. The summed E-state index contributed by atoms with van der Waals surface area (Å²) in [5.74, 6) is 0.0305. The Morgan fingerprint density at radius 3 is 2.56 bits per heavy atom. The Bertz CT molecular complexity index is 391. The van der Waals surface area contributed by atoms with Crippen LogP contribution < -0.4 is 0 Å². The molecule has 2 unspecified atom stereocenters. The van der Waals surface area contributed by atoms with Crippen LogP contribution in [0.25, 0.3) is 0 Å². The fraction of sp³-hybridized carbons (Fsp3) is 0.417. The van der Waals surface area contributed by atoms with Gasteiger partial charge in [-0.1, -0.05) is 28.1 Å². The van der Waals surface area contributed by atoms with Crippen LogP contribution in [0, 0.1) is 0 Å². The van der Waals surface area contributed by atoms with Crippen molar-refractivity contribution in [2.45, 2.75) is 25.5 Å². The van der Waals surface area contributed by atoms with Gasteiger partial charge in [0.05, 0.1) is 18.6 Å². The second-order valence-electron chi connectivity index (χ2n) is 4.13. The molecule has 1 fully saturated rings. The summed E-state index contributed by atoms with van der Waals surface area (Å²) in [6.45, 7) is 2.43. The number of hydrogen-bond donors (Lipinski definition) is 1. The largest absolute Gasteiger partial charge is 0.391 e. The number of nitrogens with zero attached hydrogens (tertiary/aromatic N) is 1. The molecule has 86 valence electrons. The van der Waals surface area contributed by atoms with Gasteiger partial charge in [0.2, 0.25) is 5.91 Å². The summed E-state index contributed by atoms with van der Waals surface area (Å²) < 4.78 is 1.02. The van der Waals surface area contributed by atoms with Crippen LogP contribution in [-0.2, 0) is 4.79 Å². The maximum atomic E-state index is 11.6. The number of benzene rings is 1. The fourth-order valence-corrected chi connectivity index (χ4v) is 2.27. The third kappa shape index (κ3) is 2.28. The van der Waals surface area contributed by atoms with Crippen LogP contribution in [0.2, 0.25) is 0 Å². The molecular weight excluding hydrogens is 270 g/mol. The van der Waals surface area contributed by atoms with Gasteiger partial charge in [-0.2, -0.15) is 0 Å². The Morgan fingerprint density at radius 2 is 2.06 bits per heavy atom. The summed E-state index contributed by atoms with van der Waals surface area (Å²) in [5.41, 5.74) is 1.09. The zero-order valence-corrected chi connectivity index (χ0v) is 10.6. The lowest BCUT2D eigenvalue weighted by atomic mass is 10.1. The summed E-state index contributed by atoms with van der Waals surface area (Å²) in [4.78, 5) is 13.4. The van der Waals surface area contributed by atoms with Crippen LogP contribution in [-0.4, -0.2) is 28.6 Å². The predicted octanol–water partition coefficient (Wildman–Crippen LogP) is 2.10. The van der Waals surface area contributed by atoms with Crippen LogP contribution in [0.4, 0.5) is 0 Å². The lowest BCUT2D eigenvalue weighted by molar-refractivity contribution is -0.129. The maximum Gasteiger partial charge on any atom is 0.225 e. The quantitative estimate of drug-likeness (QED) is 0.903. The molecule has 2 atom stereocenters. The molecule has 1 aliphatic heterocycles. The van der Waals surface area contributed by atoms with Gasteiger partial charge < -0.3 is 10.0 Å². The molecule has 1 aromatic rings. The van der Waals surface area contributed by atoms with Crippen molar-refractivity contribution in [2.75, 3.05) is 6.54 Å². The van der Waals surface area contributed by atoms with E-state index in [-0.39, 0.29) is 18.4 Å². The monoisotopic (exact) mass is 283 g/mol. The number of aliphatic hydroxyl groups is 1. The van der Waals surface area contributed by atoms with Crippen molar-refractivity contribution in [2.24, 2.45) is 0 Å². The SMILES string of the molecule is CC(c1ccc(Br)cc1)N1CC(O)CC1=O. The van der Waals surface area contributed by atoms with E-state index in [1.807, 2.05) is 31.2 Å². The molecular formula is C12H14BrNO2. The molecule has 0 aromatic heterocycles. The number of rotatable bonds is 2. The molecule has 0 saturated carbocycles. The molecule has 1 aromatic carbocycles. The molecule has 4 heteroatoms. The van der Waals surface area contributed by atoms with Crippen molar-refractivity contribution in [3.8, 4) is 0 Å². The van der Waals surface area contributed by atoms with E-state index in [0.717, 1.165) is 10.0 Å². The number of carbonyl (C=O) groups is 1. The van der Waals surface area contributed by atoms with Gasteiger partial charge in [0.25, 0.3) is 0 Å². The van der Waals surface area contributed by atoms with Crippen LogP contribution in [0.15, 0.2) is 28.7 Å². The maximum absolute atomic E-state index is 11.6. The van der Waals surface area contributed by atoms with Crippen LogP contribution in [0.3, 0.4) is 0 Å². The second kappa shape index (κ2) is 4.55. The number of halogens is 1. The van der Waals surface area contributed by atoms with Crippen LogP contribution in [0.1, 0.15) is 24.9 Å². The Labute approximate surface area is 103 Å². The first kappa shape index (κ1) is 11.6. The second-order valence-corrected chi connectivity index (χ2v) is 5.05. The van der Waals surface area contributed by atoms with Gasteiger partial charge >= 0.3 is 0 Å². The zero-order chi connectivity index (χ0) is 11.7. The first-order valence-electron chi connectivity index (χ1n) is 5.31. The van der Waals surface area contributed by atoms with Crippen molar-refractivity contribution < 1.29 is 9.90 Å². The number of β-amino-alcohol motifs (C(OH)–C–C–N with tert-alkyl or cyclic N) is 1. The van der Waals surface area contributed by atoms with Gasteiger partial charge in [-0.15, -0.1) is 0 Å². The lowest BCUT2D eigenvalue weighted by Crippen LogP contribution is -2.29. The summed E-state index contributed by atoms with van der Waals surface area (Å²) >= 11 is 3.38. The van der Waals surface area contributed by atoms with Gasteiger partial charge in [-0.25, -0.2) is 0 Å². The molecule has 16 heavy (non-hydrogen) atoms. The minimum Gasteiger partial charge on any atom is -0.391 e. The summed E-state index contributed by atoms with van der Waals surface area (Å²) in [7, 11) is 0. The fourth-order valence-electron chi connectivity index (χ4n) is 2.01. The number of aliphatic hydroxyl groups excluding tert-OH is 1.